The highest BCUT2D eigenvalue weighted by Crippen LogP contribution is 2.48. The summed E-state index contributed by atoms with van der Waals surface area (Å²) in [7, 11) is 0. The summed E-state index contributed by atoms with van der Waals surface area (Å²) in [4.78, 5) is 3.08. The molecule has 3 nitrogen and oxygen atoms in total. The molecule has 0 radical (unpaired) electrons. The lowest BCUT2D eigenvalue weighted by atomic mass is 10.2. The first-order chi connectivity index (χ1) is 8.27. The SMILES string of the molecule is Oc1cccc(O)c1N1CSc2ccccc21. The molecule has 0 aromatic heterocycles. The number of anilines is 2. The van der Waals surface area contributed by atoms with Crippen LogP contribution in [0, 0.1) is 0 Å². The van der Waals surface area contributed by atoms with Gasteiger partial charge in [0.15, 0.2) is 0 Å². The average Bonchev–Trinajstić information content (AvgIpc) is 2.73. The standard InChI is InChI=1S/C13H11NO2S/c15-10-5-3-6-11(16)13(10)14-8-17-12-7-2-1-4-9(12)14/h1-7,15-16H,8H2. The Morgan fingerprint density at radius 1 is 0.941 bits per heavy atom. The molecule has 2 aromatic rings. The fourth-order valence-corrected chi connectivity index (χ4v) is 3.02. The van der Waals surface area contributed by atoms with Gasteiger partial charge in [-0.15, -0.1) is 11.8 Å². The molecule has 4 heteroatoms. The Bertz CT molecular complexity index is 551. The summed E-state index contributed by atoms with van der Waals surface area (Å²) in [5.74, 6) is 0.898. The van der Waals surface area contributed by atoms with Crippen LogP contribution >= 0.6 is 11.8 Å². The number of nitrogens with zero attached hydrogens (tertiary/aromatic N) is 1. The van der Waals surface area contributed by atoms with E-state index in [0.717, 1.165) is 10.6 Å². The molecular weight excluding hydrogens is 234 g/mol. The van der Waals surface area contributed by atoms with Gasteiger partial charge in [-0.2, -0.15) is 0 Å². The van der Waals surface area contributed by atoms with Crippen molar-refractivity contribution in [3.05, 3.63) is 42.5 Å². The van der Waals surface area contributed by atoms with Crippen molar-refractivity contribution in [2.24, 2.45) is 0 Å². The van der Waals surface area contributed by atoms with Gasteiger partial charge >= 0.3 is 0 Å². The molecular formula is C13H11NO2S. The number of para-hydroxylation sites is 2. The van der Waals surface area contributed by atoms with Crippen molar-refractivity contribution in [2.45, 2.75) is 4.90 Å². The highest BCUT2D eigenvalue weighted by Gasteiger charge is 2.24. The van der Waals surface area contributed by atoms with E-state index in [9.17, 15) is 10.2 Å². The maximum atomic E-state index is 9.87. The number of rotatable bonds is 1. The lowest BCUT2D eigenvalue weighted by molar-refractivity contribution is 0.452. The molecule has 1 aliphatic heterocycles. The summed E-state index contributed by atoms with van der Waals surface area (Å²) in [6.45, 7) is 0. The smallest absolute Gasteiger partial charge is 0.143 e. The fourth-order valence-electron chi connectivity index (χ4n) is 1.99. The Morgan fingerprint density at radius 2 is 1.65 bits per heavy atom. The molecule has 86 valence electrons. The Balaban J connectivity index is 2.13. The van der Waals surface area contributed by atoms with Crippen molar-refractivity contribution in [1.82, 2.24) is 0 Å². The van der Waals surface area contributed by atoms with Crippen LogP contribution in [0.1, 0.15) is 0 Å². The second-order valence-electron chi connectivity index (χ2n) is 3.81. The molecule has 1 aliphatic rings. The lowest BCUT2D eigenvalue weighted by Gasteiger charge is -2.20. The summed E-state index contributed by atoms with van der Waals surface area (Å²) in [6, 6.07) is 12.8. The third-order valence-electron chi connectivity index (χ3n) is 2.77. The Kier molecular flexibility index (Phi) is 2.37. The van der Waals surface area contributed by atoms with Gasteiger partial charge in [0.1, 0.15) is 17.2 Å². The van der Waals surface area contributed by atoms with Gasteiger partial charge in [0.25, 0.3) is 0 Å². The molecule has 0 aliphatic carbocycles. The first-order valence-electron chi connectivity index (χ1n) is 5.27. The molecule has 0 bridgehead atoms. The average molecular weight is 245 g/mol. The van der Waals surface area contributed by atoms with Crippen molar-refractivity contribution in [3.63, 3.8) is 0 Å². The van der Waals surface area contributed by atoms with Crippen LogP contribution in [0.15, 0.2) is 47.4 Å². The van der Waals surface area contributed by atoms with E-state index in [2.05, 4.69) is 0 Å². The minimum absolute atomic E-state index is 0.0994. The summed E-state index contributed by atoms with van der Waals surface area (Å²) >= 11 is 1.69. The first kappa shape index (κ1) is 10.4. The second kappa shape index (κ2) is 3.89. The number of thioether (sulfide) groups is 1. The number of phenols is 2. The van der Waals surface area contributed by atoms with Gasteiger partial charge in [-0.1, -0.05) is 18.2 Å². The van der Waals surface area contributed by atoms with Crippen LogP contribution in [0.5, 0.6) is 11.5 Å². The largest absolute Gasteiger partial charge is 0.506 e. The topological polar surface area (TPSA) is 43.7 Å². The minimum Gasteiger partial charge on any atom is -0.506 e. The number of phenolic OH excluding ortho intramolecular Hbond substituents is 2. The third-order valence-corrected chi connectivity index (χ3v) is 3.81. The Morgan fingerprint density at radius 3 is 2.41 bits per heavy atom. The molecule has 0 atom stereocenters. The number of benzene rings is 2. The number of fused-ring (bicyclic) bond motifs is 1. The zero-order valence-electron chi connectivity index (χ0n) is 9.00. The summed E-state index contributed by atoms with van der Waals surface area (Å²) < 4.78 is 0. The molecule has 17 heavy (non-hydrogen) atoms. The molecule has 1 heterocycles. The van der Waals surface area contributed by atoms with E-state index in [0.29, 0.717) is 11.6 Å². The predicted molar refractivity (Wildman–Crippen MR) is 69.1 cm³/mol. The summed E-state index contributed by atoms with van der Waals surface area (Å²) in [5, 5.41) is 19.7. The molecule has 2 aromatic carbocycles. The van der Waals surface area contributed by atoms with E-state index >= 15 is 0 Å². The van der Waals surface area contributed by atoms with E-state index in [1.54, 1.807) is 30.0 Å². The number of aromatic hydroxyl groups is 2. The van der Waals surface area contributed by atoms with E-state index in [4.69, 9.17) is 0 Å². The molecule has 0 fully saturated rings. The van der Waals surface area contributed by atoms with Gasteiger partial charge in [-0.25, -0.2) is 0 Å². The van der Waals surface area contributed by atoms with Crippen LogP contribution < -0.4 is 4.90 Å². The normalized spacial score (nSPS) is 13.8. The van der Waals surface area contributed by atoms with Crippen molar-refractivity contribution >= 4 is 23.1 Å². The van der Waals surface area contributed by atoms with Gasteiger partial charge < -0.3 is 15.1 Å². The summed E-state index contributed by atoms with van der Waals surface area (Å²) in [5.41, 5.74) is 1.50. The van der Waals surface area contributed by atoms with Gasteiger partial charge in [0, 0.05) is 4.90 Å². The molecule has 2 N–H and O–H groups in total. The zero-order valence-corrected chi connectivity index (χ0v) is 9.81. The number of hydrogen-bond acceptors (Lipinski definition) is 4. The monoisotopic (exact) mass is 245 g/mol. The van der Waals surface area contributed by atoms with Crippen molar-refractivity contribution in [2.75, 3.05) is 10.8 Å². The molecule has 0 amide bonds. The highest BCUT2D eigenvalue weighted by molar-refractivity contribution is 7.99. The van der Waals surface area contributed by atoms with Crippen LogP contribution in [0.2, 0.25) is 0 Å². The summed E-state index contributed by atoms with van der Waals surface area (Å²) in [6.07, 6.45) is 0. The van der Waals surface area contributed by atoms with E-state index in [1.807, 2.05) is 29.2 Å². The van der Waals surface area contributed by atoms with E-state index < -0.39 is 0 Å². The van der Waals surface area contributed by atoms with Gasteiger partial charge in [0.05, 0.1) is 11.6 Å². The lowest BCUT2D eigenvalue weighted by Crippen LogP contribution is -2.11. The van der Waals surface area contributed by atoms with E-state index in [-0.39, 0.29) is 11.5 Å². The molecule has 0 saturated heterocycles. The number of hydrogen-bond donors (Lipinski definition) is 2. The Hall–Kier alpha value is -1.81. The molecule has 0 unspecified atom stereocenters. The van der Waals surface area contributed by atoms with Crippen molar-refractivity contribution in [3.8, 4) is 11.5 Å². The zero-order chi connectivity index (χ0) is 11.8. The van der Waals surface area contributed by atoms with Gasteiger partial charge in [-0.05, 0) is 24.3 Å². The van der Waals surface area contributed by atoms with Crippen molar-refractivity contribution in [1.29, 1.82) is 0 Å². The minimum atomic E-state index is 0.0994. The molecule has 0 saturated carbocycles. The molecule has 0 spiro atoms. The van der Waals surface area contributed by atoms with Crippen LogP contribution in [0.25, 0.3) is 0 Å². The predicted octanol–water partition coefficient (Wildman–Crippen LogP) is 3.30. The molecule has 3 rings (SSSR count). The van der Waals surface area contributed by atoms with E-state index in [1.165, 1.54) is 0 Å². The van der Waals surface area contributed by atoms with Crippen LogP contribution in [-0.4, -0.2) is 16.1 Å². The quantitative estimate of drug-likeness (QED) is 0.809. The Labute approximate surface area is 103 Å². The maximum Gasteiger partial charge on any atom is 0.143 e. The van der Waals surface area contributed by atoms with Gasteiger partial charge in [-0.3, -0.25) is 0 Å². The van der Waals surface area contributed by atoms with Gasteiger partial charge in [0.2, 0.25) is 0 Å². The third kappa shape index (κ3) is 1.61. The van der Waals surface area contributed by atoms with Crippen LogP contribution in [0.4, 0.5) is 11.4 Å². The fraction of sp³-hybridized carbons (Fsp3) is 0.0769. The second-order valence-corrected chi connectivity index (χ2v) is 4.80. The van der Waals surface area contributed by atoms with Crippen LogP contribution in [-0.2, 0) is 0 Å². The highest BCUT2D eigenvalue weighted by atomic mass is 32.2. The van der Waals surface area contributed by atoms with Crippen LogP contribution in [0.3, 0.4) is 0 Å². The maximum absolute atomic E-state index is 9.87. The van der Waals surface area contributed by atoms with Crippen molar-refractivity contribution < 1.29 is 10.2 Å². The first-order valence-corrected chi connectivity index (χ1v) is 6.26.